The van der Waals surface area contributed by atoms with E-state index < -0.39 is 46.5 Å². The number of aromatic nitrogens is 3. The van der Waals surface area contributed by atoms with Gasteiger partial charge in [-0.2, -0.15) is 13.2 Å². The number of halogens is 6. The Morgan fingerprint density at radius 2 is 1.73 bits per heavy atom. The molecule has 240 valence electrons. The van der Waals surface area contributed by atoms with Crippen LogP contribution in [0.15, 0.2) is 42.5 Å². The minimum atomic E-state index is -4.66. The van der Waals surface area contributed by atoms with Crippen molar-refractivity contribution >= 4 is 63.4 Å². The molecule has 0 fully saturated rings. The van der Waals surface area contributed by atoms with E-state index in [1.165, 1.54) is 33.9 Å². The van der Waals surface area contributed by atoms with Gasteiger partial charge in [0.25, 0.3) is 0 Å². The molecule has 15 heteroatoms. The van der Waals surface area contributed by atoms with E-state index in [9.17, 15) is 26.5 Å². The van der Waals surface area contributed by atoms with E-state index in [4.69, 9.17) is 22.3 Å². The number of pyridine rings is 1. The molecule has 2 atom stereocenters. The highest BCUT2D eigenvalue weighted by atomic mass is 35.5. The van der Waals surface area contributed by atoms with Crippen LogP contribution in [0.5, 0.6) is 0 Å². The third-order valence-electron chi connectivity index (χ3n) is 6.67. The van der Waals surface area contributed by atoms with E-state index in [0.717, 1.165) is 34.8 Å². The number of anilines is 1. The minimum absolute atomic E-state index is 0.00902. The number of rotatable bonds is 9. The molecule has 2 aromatic heterocycles. The monoisotopic (exact) mass is 701 g/mol. The lowest BCUT2D eigenvalue weighted by atomic mass is 9.94. The number of thioether (sulfide) groups is 1. The third kappa shape index (κ3) is 8.38. The first kappa shape index (κ1) is 35.2. The lowest BCUT2D eigenvalue weighted by Gasteiger charge is -2.19. The summed E-state index contributed by atoms with van der Waals surface area (Å²) in [5, 5.41) is 4.47. The Kier molecular flexibility index (Phi) is 10.9. The van der Waals surface area contributed by atoms with Crippen molar-refractivity contribution in [1.29, 1.82) is 0 Å². The average Bonchev–Trinajstić information content (AvgIpc) is 3.29. The predicted octanol–water partition coefficient (Wildman–Crippen LogP) is 7.71. The molecule has 6 nitrogen and oxygen atoms in total. The van der Waals surface area contributed by atoms with Gasteiger partial charge in [-0.15, -0.1) is 20.6 Å². The molecular weight excluding hydrogens is 673 g/mol. The van der Waals surface area contributed by atoms with Crippen LogP contribution in [0, 0.1) is 23.5 Å². The molecule has 4 rings (SSSR count). The third-order valence-corrected chi connectivity index (χ3v) is 10.3. The van der Waals surface area contributed by atoms with Crippen LogP contribution in [0.3, 0.4) is 0 Å². The summed E-state index contributed by atoms with van der Waals surface area (Å²) in [5.74, 6) is 4.60. The van der Waals surface area contributed by atoms with Crippen LogP contribution in [0.1, 0.15) is 36.8 Å². The fourth-order valence-electron chi connectivity index (χ4n) is 4.60. The van der Waals surface area contributed by atoms with Crippen LogP contribution in [0.2, 0.25) is 5.02 Å². The molecule has 0 aliphatic heterocycles. The molecule has 0 aliphatic carbocycles. The first-order chi connectivity index (χ1) is 21.0. The maximum Gasteiger partial charge on any atom is 0.408 e. The fourth-order valence-corrected chi connectivity index (χ4v) is 6.51. The molecule has 2 heterocycles. The molecule has 4 aromatic rings. The number of hydrogen-bond donors (Lipinski definition) is 1. The zero-order valence-electron chi connectivity index (χ0n) is 24.8. The molecule has 0 amide bonds. The summed E-state index contributed by atoms with van der Waals surface area (Å²) in [7, 11) is 0. The number of benzene rings is 2. The zero-order valence-corrected chi connectivity index (χ0v) is 28.0. The van der Waals surface area contributed by atoms with Crippen molar-refractivity contribution in [2.24, 2.45) is 5.73 Å². The van der Waals surface area contributed by atoms with E-state index in [0.29, 0.717) is 11.3 Å². The number of fused-ring (bicyclic) bond motifs is 1. The normalized spacial score (nSPS) is 13.4. The van der Waals surface area contributed by atoms with Crippen LogP contribution >= 0.6 is 35.3 Å². The average molecular weight is 702 g/mol. The second-order valence-electron chi connectivity index (χ2n) is 10.5. The molecule has 0 bridgehead atoms. The highest BCUT2D eigenvalue weighted by Crippen LogP contribution is 2.43. The Hall–Kier alpha value is -2.67. The highest BCUT2D eigenvalue weighted by Gasteiger charge is 2.34. The van der Waals surface area contributed by atoms with Crippen LogP contribution in [-0.2, 0) is 24.3 Å². The Morgan fingerprint density at radius 3 is 2.31 bits per heavy atom. The standard InChI is InChI=1S/C30H29ClF5N5OS3/c1-29(2,43-3)11-10-20-6-7-21(26(38-20)24(37)14-17-12-18(32)15-19(33)13-17)22-8-9-23(31)25-27(22)40(16-30(34,35)36)39-28(25)41(44-4)45(5)42/h6-9,12-13,15,24H,14,16,37H2,1-5H3. The summed E-state index contributed by atoms with van der Waals surface area (Å²) in [5.41, 5.74) is 8.12. The van der Waals surface area contributed by atoms with Crippen molar-refractivity contribution in [3.8, 4) is 23.0 Å². The summed E-state index contributed by atoms with van der Waals surface area (Å²) in [4.78, 5) is 4.70. The first-order valence-corrected chi connectivity index (χ1v) is 17.6. The Balaban J connectivity index is 2.01. The molecule has 0 saturated carbocycles. The second-order valence-corrected chi connectivity index (χ2v) is 14.5. The van der Waals surface area contributed by atoms with Crippen LogP contribution in [0.4, 0.5) is 27.8 Å². The molecule has 2 aromatic carbocycles. The Labute approximate surface area is 274 Å². The van der Waals surface area contributed by atoms with Crippen molar-refractivity contribution in [2.75, 3.05) is 22.5 Å². The Morgan fingerprint density at radius 1 is 1.09 bits per heavy atom. The van der Waals surface area contributed by atoms with Gasteiger partial charge >= 0.3 is 6.18 Å². The molecule has 0 radical (unpaired) electrons. The zero-order chi connectivity index (χ0) is 33.3. The quantitative estimate of drug-likeness (QED) is 0.0829. The van der Waals surface area contributed by atoms with Gasteiger partial charge in [0, 0.05) is 35.4 Å². The maximum atomic E-state index is 14.0. The number of nitrogens with two attached hydrogens (primary N) is 1. The summed E-state index contributed by atoms with van der Waals surface area (Å²) in [6, 6.07) is 8.40. The van der Waals surface area contributed by atoms with Crippen LogP contribution < -0.4 is 9.44 Å². The SMILES string of the molecule is CSN(c1nn(CC(F)(F)F)c2c(-c3ccc(C#CC(C)(C)SC)nc3C(N)Cc3cc(F)cc(F)c3)ccc(Cl)c12)[S+](C)[O-]. The van der Waals surface area contributed by atoms with Crippen molar-refractivity contribution in [1.82, 2.24) is 14.8 Å². The number of alkyl halides is 3. The minimum Gasteiger partial charge on any atom is -0.592 e. The van der Waals surface area contributed by atoms with Gasteiger partial charge < -0.3 is 10.3 Å². The van der Waals surface area contributed by atoms with E-state index in [2.05, 4.69) is 16.9 Å². The topological polar surface area (TPSA) is 83.0 Å². The van der Waals surface area contributed by atoms with Crippen molar-refractivity contribution in [3.05, 3.63) is 76.1 Å². The summed E-state index contributed by atoms with van der Waals surface area (Å²) < 4.78 is 83.8. The first-order valence-electron chi connectivity index (χ1n) is 13.3. The van der Waals surface area contributed by atoms with Gasteiger partial charge in [-0.3, -0.25) is 4.68 Å². The van der Waals surface area contributed by atoms with E-state index in [1.807, 2.05) is 20.1 Å². The lowest BCUT2D eigenvalue weighted by Crippen LogP contribution is -2.23. The molecule has 45 heavy (non-hydrogen) atoms. The summed E-state index contributed by atoms with van der Waals surface area (Å²) in [6.45, 7) is 2.42. The molecule has 2 unspecified atom stereocenters. The van der Waals surface area contributed by atoms with Gasteiger partial charge in [-0.1, -0.05) is 23.6 Å². The predicted molar refractivity (Wildman–Crippen MR) is 176 cm³/mol. The van der Waals surface area contributed by atoms with Gasteiger partial charge in [0.15, 0.2) is 0 Å². The van der Waals surface area contributed by atoms with Gasteiger partial charge in [0.1, 0.15) is 30.1 Å². The van der Waals surface area contributed by atoms with Crippen LogP contribution in [0.25, 0.3) is 22.0 Å². The van der Waals surface area contributed by atoms with Crippen LogP contribution in [-0.4, -0.2) is 49.0 Å². The highest BCUT2D eigenvalue weighted by molar-refractivity contribution is 8.14. The maximum absolute atomic E-state index is 14.0. The lowest BCUT2D eigenvalue weighted by molar-refractivity contribution is -0.141. The number of nitrogens with zero attached hydrogens (tertiary/aromatic N) is 4. The number of hydrogen-bond acceptors (Lipinski definition) is 7. The largest absolute Gasteiger partial charge is 0.592 e. The summed E-state index contributed by atoms with van der Waals surface area (Å²) >= 11 is 7.47. The molecule has 0 aliphatic rings. The van der Waals surface area contributed by atoms with Gasteiger partial charge in [-0.25, -0.2) is 13.8 Å². The van der Waals surface area contributed by atoms with E-state index in [-0.39, 0.29) is 45.0 Å². The smallest absolute Gasteiger partial charge is 0.408 e. The fraction of sp³-hybridized carbons (Fsp3) is 0.333. The van der Waals surface area contributed by atoms with Crippen molar-refractivity contribution in [2.45, 2.75) is 43.8 Å². The van der Waals surface area contributed by atoms with Crippen molar-refractivity contribution in [3.63, 3.8) is 0 Å². The van der Waals surface area contributed by atoms with E-state index in [1.54, 1.807) is 18.4 Å². The molecule has 0 saturated heterocycles. The Bertz CT molecular complexity index is 1750. The summed E-state index contributed by atoms with van der Waals surface area (Å²) in [6.07, 6.45) is 0.203. The van der Waals surface area contributed by atoms with Gasteiger partial charge in [0.2, 0.25) is 5.82 Å². The van der Waals surface area contributed by atoms with Gasteiger partial charge in [-0.05, 0) is 68.3 Å². The second kappa shape index (κ2) is 14.0. The van der Waals surface area contributed by atoms with Crippen molar-refractivity contribution < 1.29 is 26.5 Å². The molecular formula is C30H29ClF5N5OS3. The molecule has 0 spiro atoms. The molecule has 2 N–H and O–H groups in total. The van der Waals surface area contributed by atoms with Gasteiger partial charge in [0.05, 0.1) is 43.8 Å². The van der Waals surface area contributed by atoms with E-state index >= 15 is 0 Å².